The summed E-state index contributed by atoms with van der Waals surface area (Å²) in [5, 5.41) is 0. The van der Waals surface area contributed by atoms with Gasteiger partial charge >= 0.3 is 11.9 Å². The predicted octanol–water partition coefficient (Wildman–Crippen LogP) is 0.891. The van der Waals surface area contributed by atoms with Gasteiger partial charge in [-0.05, 0) is 6.42 Å². The van der Waals surface area contributed by atoms with Crippen molar-refractivity contribution in [3.63, 3.8) is 0 Å². The third kappa shape index (κ3) is 2.20. The van der Waals surface area contributed by atoms with E-state index in [0.29, 0.717) is 0 Å². The van der Waals surface area contributed by atoms with Crippen LogP contribution in [0.5, 0.6) is 0 Å². The first-order chi connectivity index (χ1) is 6.19. The lowest BCUT2D eigenvalue weighted by Gasteiger charge is -2.13. The number of carbonyl (C=O) groups excluding carboxylic acids is 2. The van der Waals surface area contributed by atoms with Crippen LogP contribution < -0.4 is 0 Å². The molecular formula is C9H14O4. The first-order valence-corrected chi connectivity index (χ1v) is 4.46. The van der Waals surface area contributed by atoms with Gasteiger partial charge in [-0.1, -0.05) is 13.3 Å². The van der Waals surface area contributed by atoms with Crippen molar-refractivity contribution in [3.05, 3.63) is 0 Å². The molecule has 0 aromatic heterocycles. The highest BCUT2D eigenvalue weighted by molar-refractivity contribution is 5.83. The monoisotopic (exact) mass is 186 g/mol. The van der Waals surface area contributed by atoms with Gasteiger partial charge in [0.1, 0.15) is 12.0 Å². The molecule has 0 aliphatic carbocycles. The molecule has 0 unspecified atom stereocenters. The molecule has 0 saturated carbocycles. The van der Waals surface area contributed by atoms with E-state index in [1.807, 2.05) is 6.92 Å². The van der Waals surface area contributed by atoms with E-state index in [2.05, 4.69) is 4.74 Å². The molecule has 0 radical (unpaired) electrons. The molecule has 0 amide bonds. The van der Waals surface area contributed by atoms with E-state index in [0.717, 1.165) is 12.8 Å². The van der Waals surface area contributed by atoms with Crippen LogP contribution in [0.15, 0.2) is 0 Å². The van der Waals surface area contributed by atoms with E-state index < -0.39 is 5.92 Å². The number of rotatable bonds is 3. The second-order valence-corrected chi connectivity index (χ2v) is 3.15. The molecular weight excluding hydrogens is 172 g/mol. The molecule has 13 heavy (non-hydrogen) atoms. The van der Waals surface area contributed by atoms with Gasteiger partial charge in [-0.15, -0.1) is 0 Å². The minimum Gasteiger partial charge on any atom is -0.469 e. The second kappa shape index (κ2) is 4.25. The van der Waals surface area contributed by atoms with Crippen LogP contribution in [-0.4, -0.2) is 25.2 Å². The number of esters is 2. The summed E-state index contributed by atoms with van der Waals surface area (Å²) in [5.74, 6) is -1.03. The first kappa shape index (κ1) is 10.0. The lowest BCUT2D eigenvalue weighted by molar-refractivity contribution is -0.147. The highest BCUT2D eigenvalue weighted by atomic mass is 16.6. The number of ether oxygens (including phenoxy) is 2. The minimum absolute atomic E-state index is 0.164. The third-order valence-corrected chi connectivity index (χ3v) is 2.20. The lowest BCUT2D eigenvalue weighted by Crippen LogP contribution is -2.25. The maximum atomic E-state index is 11.2. The quantitative estimate of drug-likeness (QED) is 0.614. The third-order valence-electron chi connectivity index (χ3n) is 2.20. The molecule has 0 aromatic rings. The molecule has 1 saturated heterocycles. The Bertz CT molecular complexity index is 212. The summed E-state index contributed by atoms with van der Waals surface area (Å²) < 4.78 is 9.59. The van der Waals surface area contributed by atoms with Crippen molar-refractivity contribution < 1.29 is 19.1 Å². The molecule has 0 aromatic carbocycles. The Labute approximate surface area is 77.2 Å². The van der Waals surface area contributed by atoms with Crippen LogP contribution in [0.1, 0.15) is 26.2 Å². The van der Waals surface area contributed by atoms with E-state index in [-0.39, 0.29) is 24.5 Å². The summed E-state index contributed by atoms with van der Waals surface area (Å²) in [4.78, 5) is 22.1. The summed E-state index contributed by atoms with van der Waals surface area (Å²) in [6.07, 6.45) is 1.51. The van der Waals surface area contributed by atoms with Crippen molar-refractivity contribution >= 4 is 11.9 Å². The average molecular weight is 186 g/mol. The van der Waals surface area contributed by atoms with Crippen molar-refractivity contribution in [2.24, 2.45) is 5.92 Å². The number of methoxy groups -OCH3 is 1. The lowest BCUT2D eigenvalue weighted by atomic mass is 9.98. The zero-order chi connectivity index (χ0) is 9.84. The molecule has 0 N–H and O–H groups in total. The van der Waals surface area contributed by atoms with E-state index in [1.165, 1.54) is 7.11 Å². The highest BCUT2D eigenvalue weighted by Gasteiger charge is 2.39. The number of hydrogen-bond acceptors (Lipinski definition) is 4. The van der Waals surface area contributed by atoms with Crippen LogP contribution >= 0.6 is 0 Å². The fourth-order valence-corrected chi connectivity index (χ4v) is 1.54. The Morgan fingerprint density at radius 3 is 2.92 bits per heavy atom. The summed E-state index contributed by atoms with van der Waals surface area (Å²) in [6, 6.07) is 0. The predicted molar refractivity (Wildman–Crippen MR) is 44.9 cm³/mol. The van der Waals surface area contributed by atoms with Crippen LogP contribution in [0, 0.1) is 5.92 Å². The van der Waals surface area contributed by atoms with Gasteiger partial charge in [0.05, 0.1) is 13.5 Å². The zero-order valence-electron chi connectivity index (χ0n) is 7.91. The molecule has 0 bridgehead atoms. The Morgan fingerprint density at radius 1 is 1.69 bits per heavy atom. The van der Waals surface area contributed by atoms with Gasteiger partial charge in [0.2, 0.25) is 0 Å². The van der Waals surface area contributed by atoms with Crippen LogP contribution in [0.4, 0.5) is 0 Å². The molecule has 1 heterocycles. The number of carbonyl (C=O) groups is 2. The van der Waals surface area contributed by atoms with E-state index in [1.54, 1.807) is 0 Å². The molecule has 2 atom stereocenters. The van der Waals surface area contributed by atoms with Gasteiger partial charge in [0.25, 0.3) is 0 Å². The topological polar surface area (TPSA) is 52.6 Å². The van der Waals surface area contributed by atoms with E-state index in [9.17, 15) is 9.59 Å². The van der Waals surface area contributed by atoms with E-state index in [4.69, 9.17) is 4.74 Å². The minimum atomic E-state index is -0.391. The van der Waals surface area contributed by atoms with Crippen LogP contribution in [0.2, 0.25) is 0 Å². The van der Waals surface area contributed by atoms with Crippen LogP contribution in [0.3, 0.4) is 0 Å². The largest absolute Gasteiger partial charge is 0.469 e. The summed E-state index contributed by atoms with van der Waals surface area (Å²) in [5.41, 5.74) is 0. The van der Waals surface area contributed by atoms with Crippen LogP contribution in [0.25, 0.3) is 0 Å². The van der Waals surface area contributed by atoms with Gasteiger partial charge in [-0.2, -0.15) is 0 Å². The fourth-order valence-electron chi connectivity index (χ4n) is 1.54. The molecule has 1 fully saturated rings. The van der Waals surface area contributed by atoms with Crippen molar-refractivity contribution in [1.29, 1.82) is 0 Å². The summed E-state index contributed by atoms with van der Waals surface area (Å²) in [7, 11) is 1.33. The van der Waals surface area contributed by atoms with Gasteiger partial charge < -0.3 is 9.47 Å². The van der Waals surface area contributed by atoms with Crippen molar-refractivity contribution in [3.8, 4) is 0 Å². The Morgan fingerprint density at radius 2 is 2.38 bits per heavy atom. The maximum absolute atomic E-state index is 11.2. The number of hydrogen-bond donors (Lipinski definition) is 0. The SMILES string of the molecule is CCC[C@H]1OC(=O)C[C@@H]1C(=O)OC. The van der Waals surface area contributed by atoms with E-state index >= 15 is 0 Å². The zero-order valence-corrected chi connectivity index (χ0v) is 7.91. The molecule has 4 heteroatoms. The van der Waals surface area contributed by atoms with Gasteiger partial charge in [-0.25, -0.2) is 0 Å². The molecule has 1 rings (SSSR count). The smallest absolute Gasteiger partial charge is 0.313 e. The maximum Gasteiger partial charge on any atom is 0.313 e. The van der Waals surface area contributed by atoms with Crippen molar-refractivity contribution in [2.45, 2.75) is 32.3 Å². The molecule has 74 valence electrons. The summed E-state index contributed by atoms with van der Waals surface area (Å²) >= 11 is 0. The number of cyclic esters (lactones) is 1. The van der Waals surface area contributed by atoms with Gasteiger partial charge in [0, 0.05) is 0 Å². The first-order valence-electron chi connectivity index (χ1n) is 4.46. The average Bonchev–Trinajstić information content (AvgIpc) is 2.46. The van der Waals surface area contributed by atoms with Gasteiger partial charge in [-0.3, -0.25) is 9.59 Å². The molecule has 0 spiro atoms. The molecule has 4 nitrogen and oxygen atoms in total. The highest BCUT2D eigenvalue weighted by Crippen LogP contribution is 2.26. The fraction of sp³-hybridized carbons (Fsp3) is 0.778. The molecule has 1 aliphatic rings. The Hall–Kier alpha value is -1.06. The van der Waals surface area contributed by atoms with Crippen molar-refractivity contribution in [2.75, 3.05) is 7.11 Å². The van der Waals surface area contributed by atoms with Crippen molar-refractivity contribution in [1.82, 2.24) is 0 Å². The Kier molecular flexibility index (Phi) is 3.28. The second-order valence-electron chi connectivity index (χ2n) is 3.15. The standard InChI is InChI=1S/C9H14O4/c1-3-4-7-6(9(11)12-2)5-8(10)13-7/h6-7H,3-5H2,1-2H3/t6-,7+/m0/s1. The Balaban J connectivity index is 2.60. The molecule has 1 aliphatic heterocycles. The normalized spacial score (nSPS) is 27.1. The summed E-state index contributed by atoms with van der Waals surface area (Å²) in [6.45, 7) is 1.99. The van der Waals surface area contributed by atoms with Gasteiger partial charge in [0.15, 0.2) is 0 Å². The van der Waals surface area contributed by atoms with Crippen LogP contribution in [-0.2, 0) is 19.1 Å².